The van der Waals surface area contributed by atoms with E-state index in [1.54, 1.807) is 0 Å². The van der Waals surface area contributed by atoms with Crippen molar-refractivity contribution in [1.29, 1.82) is 0 Å². The maximum Gasteiger partial charge on any atom is 0.223 e. The summed E-state index contributed by atoms with van der Waals surface area (Å²) in [6.07, 6.45) is 3.43. The molecule has 0 unspecified atom stereocenters. The standard InChI is InChI=1S/C14H23N3O2/c1-10-8-17(9-11(2)19-10)14(18)6-5-13-7-15-16(4)12(13)3/h7,10-11H,5-6,8-9H2,1-4H3/t10-,11-/m1/s1. The number of morpholine rings is 1. The van der Waals surface area contributed by atoms with Gasteiger partial charge >= 0.3 is 0 Å². The molecule has 1 saturated heterocycles. The van der Waals surface area contributed by atoms with Crippen molar-refractivity contribution in [3.63, 3.8) is 0 Å². The van der Waals surface area contributed by atoms with Crippen molar-refractivity contribution in [1.82, 2.24) is 14.7 Å². The molecule has 0 saturated carbocycles. The molecule has 2 rings (SSSR count). The zero-order valence-corrected chi connectivity index (χ0v) is 12.2. The van der Waals surface area contributed by atoms with Crippen molar-refractivity contribution in [2.45, 2.75) is 45.8 Å². The normalized spacial score (nSPS) is 23.7. The number of nitrogens with zero attached hydrogens (tertiary/aromatic N) is 3. The van der Waals surface area contributed by atoms with Crippen LogP contribution in [0.4, 0.5) is 0 Å². The molecule has 1 aliphatic rings. The van der Waals surface area contributed by atoms with Crippen LogP contribution in [-0.2, 0) is 23.0 Å². The number of aryl methyl sites for hydroxylation is 2. The van der Waals surface area contributed by atoms with Crippen molar-refractivity contribution in [2.75, 3.05) is 13.1 Å². The summed E-state index contributed by atoms with van der Waals surface area (Å²) in [6, 6.07) is 0. The fraction of sp³-hybridized carbons (Fsp3) is 0.714. The van der Waals surface area contributed by atoms with E-state index in [9.17, 15) is 4.79 Å². The van der Waals surface area contributed by atoms with E-state index in [0.29, 0.717) is 19.5 Å². The van der Waals surface area contributed by atoms with E-state index in [1.165, 1.54) is 0 Å². The number of aromatic nitrogens is 2. The molecule has 0 spiro atoms. The molecule has 0 bridgehead atoms. The Bertz CT molecular complexity index is 446. The first-order chi connectivity index (χ1) is 8.97. The highest BCUT2D eigenvalue weighted by atomic mass is 16.5. The minimum Gasteiger partial charge on any atom is -0.372 e. The molecular weight excluding hydrogens is 242 g/mol. The highest BCUT2D eigenvalue weighted by Gasteiger charge is 2.25. The van der Waals surface area contributed by atoms with E-state index in [4.69, 9.17) is 4.74 Å². The second-order valence-electron chi connectivity index (χ2n) is 5.43. The van der Waals surface area contributed by atoms with E-state index in [2.05, 4.69) is 5.10 Å². The molecular formula is C14H23N3O2. The molecule has 2 heterocycles. The molecule has 1 aromatic rings. The van der Waals surface area contributed by atoms with Crippen LogP contribution in [0, 0.1) is 6.92 Å². The largest absolute Gasteiger partial charge is 0.372 e. The van der Waals surface area contributed by atoms with Crippen LogP contribution in [-0.4, -0.2) is 45.9 Å². The molecule has 1 aliphatic heterocycles. The predicted molar refractivity (Wildman–Crippen MR) is 72.9 cm³/mol. The summed E-state index contributed by atoms with van der Waals surface area (Å²) in [7, 11) is 1.92. The van der Waals surface area contributed by atoms with E-state index < -0.39 is 0 Å². The monoisotopic (exact) mass is 265 g/mol. The van der Waals surface area contributed by atoms with Crippen molar-refractivity contribution in [2.24, 2.45) is 7.05 Å². The van der Waals surface area contributed by atoms with Crippen molar-refractivity contribution in [3.05, 3.63) is 17.5 Å². The minimum atomic E-state index is 0.132. The predicted octanol–water partition coefficient (Wildman–Crippen LogP) is 1.30. The third-order valence-electron chi connectivity index (χ3n) is 3.72. The van der Waals surface area contributed by atoms with Gasteiger partial charge in [0.2, 0.25) is 5.91 Å². The molecule has 1 aromatic heterocycles. The lowest BCUT2D eigenvalue weighted by Gasteiger charge is -2.35. The smallest absolute Gasteiger partial charge is 0.223 e. The first kappa shape index (κ1) is 14.1. The van der Waals surface area contributed by atoms with Gasteiger partial charge in [-0.25, -0.2) is 0 Å². The number of rotatable bonds is 3. The highest BCUT2D eigenvalue weighted by molar-refractivity contribution is 5.76. The van der Waals surface area contributed by atoms with Crippen LogP contribution < -0.4 is 0 Å². The number of carbonyl (C=O) groups excluding carboxylic acids is 1. The van der Waals surface area contributed by atoms with Crippen LogP contribution >= 0.6 is 0 Å². The third kappa shape index (κ3) is 3.35. The Morgan fingerprint density at radius 2 is 2.05 bits per heavy atom. The summed E-state index contributed by atoms with van der Waals surface area (Å²) < 4.78 is 7.49. The van der Waals surface area contributed by atoms with Crippen molar-refractivity contribution < 1.29 is 9.53 Å². The molecule has 106 valence electrons. The fourth-order valence-corrected chi connectivity index (χ4v) is 2.57. The molecule has 0 aliphatic carbocycles. The summed E-state index contributed by atoms with van der Waals surface area (Å²) in [6.45, 7) is 7.47. The van der Waals surface area contributed by atoms with Gasteiger partial charge in [-0.1, -0.05) is 0 Å². The molecule has 19 heavy (non-hydrogen) atoms. The maximum absolute atomic E-state index is 12.2. The summed E-state index contributed by atoms with van der Waals surface area (Å²) in [5.41, 5.74) is 2.29. The van der Waals surface area contributed by atoms with Gasteiger partial charge < -0.3 is 9.64 Å². The Hall–Kier alpha value is -1.36. The van der Waals surface area contributed by atoms with Gasteiger partial charge in [-0.3, -0.25) is 9.48 Å². The molecule has 5 heteroatoms. The van der Waals surface area contributed by atoms with Crippen LogP contribution in [0.1, 0.15) is 31.5 Å². The third-order valence-corrected chi connectivity index (χ3v) is 3.72. The Morgan fingerprint density at radius 3 is 2.58 bits per heavy atom. The van der Waals surface area contributed by atoms with Crippen LogP contribution in [0.2, 0.25) is 0 Å². The second-order valence-corrected chi connectivity index (χ2v) is 5.43. The molecule has 0 aromatic carbocycles. The number of hydrogen-bond donors (Lipinski definition) is 0. The van der Waals surface area contributed by atoms with Gasteiger partial charge in [0.05, 0.1) is 18.4 Å². The quantitative estimate of drug-likeness (QED) is 0.827. The zero-order chi connectivity index (χ0) is 14.0. The molecule has 5 nitrogen and oxygen atoms in total. The maximum atomic E-state index is 12.2. The van der Waals surface area contributed by atoms with E-state index in [0.717, 1.165) is 17.7 Å². The van der Waals surface area contributed by atoms with Crippen molar-refractivity contribution >= 4 is 5.91 Å². The van der Waals surface area contributed by atoms with Gasteiger partial charge in [-0.2, -0.15) is 5.10 Å². The molecule has 0 N–H and O–H groups in total. The molecule has 1 fully saturated rings. The topological polar surface area (TPSA) is 47.4 Å². The number of amides is 1. The average molecular weight is 265 g/mol. The molecule has 1 amide bonds. The number of ether oxygens (including phenoxy) is 1. The summed E-state index contributed by atoms with van der Waals surface area (Å²) in [5.74, 6) is 0.213. The number of hydrogen-bond acceptors (Lipinski definition) is 3. The minimum absolute atomic E-state index is 0.132. The summed E-state index contributed by atoms with van der Waals surface area (Å²) >= 11 is 0. The lowest BCUT2D eigenvalue weighted by atomic mass is 10.1. The first-order valence-corrected chi connectivity index (χ1v) is 6.88. The van der Waals surface area contributed by atoms with Crippen LogP contribution in [0.5, 0.6) is 0 Å². The second kappa shape index (κ2) is 5.74. The number of carbonyl (C=O) groups is 1. The molecule has 2 atom stereocenters. The summed E-state index contributed by atoms with van der Waals surface area (Å²) in [4.78, 5) is 14.1. The van der Waals surface area contributed by atoms with Gasteiger partial charge in [0.15, 0.2) is 0 Å². The molecule has 0 radical (unpaired) electrons. The van der Waals surface area contributed by atoms with Gasteiger partial charge in [0.25, 0.3) is 0 Å². The lowest BCUT2D eigenvalue weighted by Crippen LogP contribution is -2.48. The zero-order valence-electron chi connectivity index (χ0n) is 12.2. The Morgan fingerprint density at radius 1 is 1.42 bits per heavy atom. The Kier molecular flexibility index (Phi) is 4.24. The van der Waals surface area contributed by atoms with Crippen LogP contribution in [0.15, 0.2) is 6.20 Å². The fourth-order valence-electron chi connectivity index (χ4n) is 2.57. The highest BCUT2D eigenvalue weighted by Crippen LogP contribution is 2.14. The van der Waals surface area contributed by atoms with E-state index >= 15 is 0 Å². The Balaban J connectivity index is 1.89. The SMILES string of the molecule is Cc1c(CCC(=O)N2C[C@@H](C)O[C@H](C)C2)cnn1C. The lowest BCUT2D eigenvalue weighted by molar-refractivity contribution is -0.143. The van der Waals surface area contributed by atoms with Gasteiger partial charge in [0, 0.05) is 32.3 Å². The van der Waals surface area contributed by atoms with Gasteiger partial charge in [-0.15, -0.1) is 0 Å². The van der Waals surface area contributed by atoms with Gasteiger partial charge in [-0.05, 0) is 32.8 Å². The van der Waals surface area contributed by atoms with E-state index in [-0.39, 0.29) is 18.1 Å². The average Bonchev–Trinajstić information content (AvgIpc) is 2.66. The Labute approximate surface area is 114 Å². The van der Waals surface area contributed by atoms with Gasteiger partial charge in [0.1, 0.15) is 0 Å². The van der Waals surface area contributed by atoms with E-state index in [1.807, 2.05) is 43.6 Å². The first-order valence-electron chi connectivity index (χ1n) is 6.88. The summed E-state index contributed by atoms with van der Waals surface area (Å²) in [5, 5.41) is 4.20. The van der Waals surface area contributed by atoms with Crippen LogP contribution in [0.3, 0.4) is 0 Å². The van der Waals surface area contributed by atoms with Crippen LogP contribution in [0.25, 0.3) is 0 Å². The van der Waals surface area contributed by atoms with Crippen molar-refractivity contribution in [3.8, 4) is 0 Å².